The van der Waals surface area contributed by atoms with Crippen molar-refractivity contribution in [1.82, 2.24) is 23.9 Å². The van der Waals surface area contributed by atoms with Crippen LogP contribution < -0.4 is 11.0 Å². The van der Waals surface area contributed by atoms with E-state index in [1.54, 1.807) is 16.8 Å². The lowest BCUT2D eigenvalue weighted by atomic mass is 10.2. The minimum atomic E-state index is -0.0778. The summed E-state index contributed by atoms with van der Waals surface area (Å²) in [6.07, 6.45) is 3.58. The van der Waals surface area contributed by atoms with Crippen LogP contribution in [0, 0.1) is 13.8 Å². The zero-order chi connectivity index (χ0) is 22.1. The van der Waals surface area contributed by atoms with Gasteiger partial charge in [-0.15, -0.1) is 0 Å². The predicted molar refractivity (Wildman–Crippen MR) is 124 cm³/mol. The first-order valence-corrected chi connectivity index (χ1v) is 10.4. The van der Waals surface area contributed by atoms with Crippen molar-refractivity contribution in [3.8, 4) is 5.82 Å². The van der Waals surface area contributed by atoms with E-state index in [1.165, 1.54) is 0 Å². The molecule has 0 saturated heterocycles. The number of nitrogens with zero attached hydrogens (tertiary/aromatic N) is 6. The van der Waals surface area contributed by atoms with Crippen molar-refractivity contribution in [2.24, 2.45) is 5.10 Å². The first-order chi connectivity index (χ1) is 14.9. The number of aromatic nitrogens is 5. The van der Waals surface area contributed by atoms with Crippen molar-refractivity contribution in [1.29, 1.82) is 0 Å². The third kappa shape index (κ3) is 3.65. The average Bonchev–Trinajstić information content (AvgIpc) is 3.32. The van der Waals surface area contributed by atoms with E-state index in [9.17, 15) is 4.79 Å². The van der Waals surface area contributed by atoms with Gasteiger partial charge in [0.05, 0.1) is 23.3 Å². The van der Waals surface area contributed by atoms with E-state index in [4.69, 9.17) is 0 Å². The molecule has 1 N–H and O–H groups in total. The van der Waals surface area contributed by atoms with Crippen LogP contribution >= 0.6 is 0 Å². The van der Waals surface area contributed by atoms with Gasteiger partial charge in [-0.2, -0.15) is 10.2 Å². The number of aryl methyl sites for hydroxylation is 1. The van der Waals surface area contributed by atoms with Crippen LogP contribution in [0.4, 0.5) is 5.95 Å². The van der Waals surface area contributed by atoms with Gasteiger partial charge in [0.15, 0.2) is 0 Å². The van der Waals surface area contributed by atoms with E-state index in [2.05, 4.69) is 58.9 Å². The van der Waals surface area contributed by atoms with Crippen molar-refractivity contribution in [2.45, 2.75) is 47.2 Å². The quantitative estimate of drug-likeness (QED) is 0.379. The molecule has 160 valence electrons. The zero-order valence-corrected chi connectivity index (χ0v) is 18.5. The Hall–Kier alpha value is -3.68. The van der Waals surface area contributed by atoms with Gasteiger partial charge in [-0.1, -0.05) is 12.1 Å². The van der Waals surface area contributed by atoms with E-state index in [0.717, 1.165) is 22.8 Å². The van der Waals surface area contributed by atoms with Crippen molar-refractivity contribution < 1.29 is 0 Å². The highest BCUT2D eigenvalue weighted by Crippen LogP contribution is 2.21. The molecule has 0 unspecified atom stereocenters. The smallest absolute Gasteiger partial charge is 0.262 e. The predicted octanol–water partition coefficient (Wildman–Crippen LogP) is 4.05. The number of anilines is 1. The van der Waals surface area contributed by atoms with Crippen molar-refractivity contribution in [2.75, 3.05) is 5.43 Å². The molecule has 1 aromatic carbocycles. The van der Waals surface area contributed by atoms with Gasteiger partial charge in [0.1, 0.15) is 5.82 Å². The number of nitrogens with one attached hydrogen (secondary N) is 1. The fourth-order valence-electron chi connectivity index (χ4n) is 3.86. The minimum absolute atomic E-state index is 0.0778. The maximum absolute atomic E-state index is 12.8. The summed E-state index contributed by atoms with van der Waals surface area (Å²) in [5.74, 6) is 1.45. The fraction of sp³-hybridized carbons (Fsp3) is 0.304. The second kappa shape index (κ2) is 8.22. The number of rotatable bonds is 6. The maximum Gasteiger partial charge on any atom is 0.262 e. The van der Waals surface area contributed by atoms with Gasteiger partial charge >= 0.3 is 0 Å². The molecule has 0 amide bonds. The molecule has 0 spiro atoms. The molecule has 4 rings (SSSR count). The average molecular weight is 418 g/mol. The molecular weight excluding hydrogens is 390 g/mol. The molecule has 8 nitrogen and oxygen atoms in total. The summed E-state index contributed by atoms with van der Waals surface area (Å²) >= 11 is 0. The number of hydrogen-bond donors (Lipinski definition) is 1. The first kappa shape index (κ1) is 20.6. The van der Waals surface area contributed by atoms with Gasteiger partial charge in [-0.05, 0) is 52.8 Å². The number of para-hydroxylation sites is 1. The van der Waals surface area contributed by atoms with Crippen molar-refractivity contribution in [3.05, 3.63) is 69.9 Å². The molecule has 0 aliphatic carbocycles. The van der Waals surface area contributed by atoms with Crippen LogP contribution in [0.25, 0.3) is 16.7 Å². The Morgan fingerprint density at radius 1 is 1.19 bits per heavy atom. The monoisotopic (exact) mass is 417 g/mol. The molecule has 0 aliphatic rings. The lowest BCUT2D eigenvalue weighted by molar-refractivity contribution is 0.519. The van der Waals surface area contributed by atoms with Gasteiger partial charge in [-0.25, -0.2) is 15.1 Å². The topological polar surface area (TPSA) is 82.0 Å². The molecule has 0 saturated carbocycles. The second-order valence-corrected chi connectivity index (χ2v) is 7.76. The molecule has 3 heterocycles. The summed E-state index contributed by atoms with van der Waals surface area (Å²) in [5.41, 5.74) is 6.66. The maximum atomic E-state index is 12.8. The summed E-state index contributed by atoms with van der Waals surface area (Å²) in [7, 11) is 0. The van der Waals surface area contributed by atoms with E-state index < -0.39 is 0 Å². The molecule has 8 heteroatoms. The van der Waals surface area contributed by atoms with Crippen molar-refractivity contribution >= 4 is 23.1 Å². The Kier molecular flexibility index (Phi) is 5.46. The fourth-order valence-corrected chi connectivity index (χ4v) is 3.86. The van der Waals surface area contributed by atoms with Gasteiger partial charge in [0.2, 0.25) is 5.95 Å². The molecule has 0 radical (unpaired) electrons. The third-order valence-corrected chi connectivity index (χ3v) is 5.38. The molecule has 0 bridgehead atoms. The Bertz CT molecular complexity index is 1320. The Labute approximate surface area is 180 Å². The van der Waals surface area contributed by atoms with E-state index in [0.29, 0.717) is 23.4 Å². The van der Waals surface area contributed by atoms with Crippen LogP contribution in [0.5, 0.6) is 0 Å². The molecule has 3 aromatic heterocycles. The molecule has 0 aliphatic heterocycles. The van der Waals surface area contributed by atoms with E-state index in [-0.39, 0.29) is 11.6 Å². The third-order valence-electron chi connectivity index (χ3n) is 5.38. The van der Waals surface area contributed by atoms with E-state index >= 15 is 0 Å². The van der Waals surface area contributed by atoms with E-state index in [1.807, 2.05) is 42.1 Å². The molecule has 0 fully saturated rings. The van der Waals surface area contributed by atoms with Gasteiger partial charge in [0.25, 0.3) is 5.56 Å². The minimum Gasteiger partial charge on any atom is -0.303 e. The SMILES string of the molecule is CCn1c(N/N=C\c2cc(C)n(-c3ccnn3C(C)C)c2C)nc2ccccc2c1=O. The lowest BCUT2D eigenvalue weighted by Crippen LogP contribution is -2.23. The Balaban J connectivity index is 1.67. The summed E-state index contributed by atoms with van der Waals surface area (Å²) in [4.78, 5) is 17.3. The van der Waals surface area contributed by atoms with Crippen LogP contribution in [-0.2, 0) is 6.54 Å². The van der Waals surface area contributed by atoms with Crippen LogP contribution in [-0.4, -0.2) is 30.1 Å². The van der Waals surface area contributed by atoms with Crippen LogP contribution in [0.15, 0.2) is 52.5 Å². The molecule has 4 aromatic rings. The van der Waals surface area contributed by atoms with Gasteiger partial charge < -0.3 is 4.57 Å². The highest BCUT2D eigenvalue weighted by molar-refractivity contribution is 5.83. The highest BCUT2D eigenvalue weighted by Gasteiger charge is 2.15. The number of benzene rings is 1. The second-order valence-electron chi connectivity index (χ2n) is 7.76. The Morgan fingerprint density at radius 3 is 2.71 bits per heavy atom. The number of fused-ring (bicyclic) bond motifs is 1. The summed E-state index contributed by atoms with van der Waals surface area (Å²) < 4.78 is 5.76. The lowest BCUT2D eigenvalue weighted by Gasteiger charge is -2.15. The normalized spacial score (nSPS) is 11.8. The van der Waals surface area contributed by atoms with Crippen molar-refractivity contribution in [3.63, 3.8) is 0 Å². The van der Waals surface area contributed by atoms with Crippen LogP contribution in [0.2, 0.25) is 0 Å². The standard InChI is InChI=1S/C23H27N7O/c1-6-28-22(31)19-9-7-8-10-20(19)26-23(28)27-24-14-18-13-16(4)29(17(18)5)21-11-12-25-30(21)15(2)3/h7-15H,6H2,1-5H3,(H,26,27)/b24-14-. The van der Waals surface area contributed by atoms with Crippen LogP contribution in [0.1, 0.15) is 43.8 Å². The highest BCUT2D eigenvalue weighted by atomic mass is 16.1. The van der Waals surface area contributed by atoms with Crippen LogP contribution in [0.3, 0.4) is 0 Å². The number of hydrazone groups is 1. The largest absolute Gasteiger partial charge is 0.303 e. The van der Waals surface area contributed by atoms with Gasteiger partial charge in [-0.3, -0.25) is 9.36 Å². The molecule has 0 atom stereocenters. The number of hydrogen-bond acceptors (Lipinski definition) is 5. The molecular formula is C23H27N7O. The summed E-state index contributed by atoms with van der Waals surface area (Å²) in [5, 5.41) is 9.44. The summed E-state index contributed by atoms with van der Waals surface area (Å²) in [6, 6.07) is 11.7. The molecule has 31 heavy (non-hydrogen) atoms. The Morgan fingerprint density at radius 2 is 1.97 bits per heavy atom. The first-order valence-electron chi connectivity index (χ1n) is 10.4. The zero-order valence-electron chi connectivity index (χ0n) is 18.5. The summed E-state index contributed by atoms with van der Waals surface area (Å²) in [6.45, 7) is 10.8. The van der Waals surface area contributed by atoms with Gasteiger partial charge in [0, 0.05) is 35.6 Å².